The first-order valence-corrected chi connectivity index (χ1v) is 11.5. The van der Waals surface area contributed by atoms with Crippen LogP contribution < -0.4 is 15.4 Å². The van der Waals surface area contributed by atoms with Gasteiger partial charge in [0.05, 0.1) is 11.8 Å². The Bertz CT molecular complexity index is 1050. The van der Waals surface area contributed by atoms with E-state index in [0.29, 0.717) is 11.4 Å². The number of halogens is 4. The average molecular weight is 554 g/mol. The predicted octanol–water partition coefficient (Wildman–Crippen LogP) is 7.30. The average Bonchev–Trinajstić information content (AvgIpc) is 2.77. The minimum Gasteiger partial charge on any atom is -0.490 e. The number of hydrogen-bond acceptors (Lipinski definition) is 5. The van der Waals surface area contributed by atoms with Crippen molar-refractivity contribution in [3.05, 3.63) is 63.9 Å². The van der Waals surface area contributed by atoms with E-state index in [0.717, 1.165) is 28.4 Å². The molecule has 9 heteroatoms. The Morgan fingerprint density at radius 2 is 1.66 bits per heavy atom. The number of hydrogen-bond donors (Lipinski definition) is 2. The van der Waals surface area contributed by atoms with Gasteiger partial charge in [0.2, 0.25) is 5.95 Å². The molecule has 1 aliphatic carbocycles. The second-order valence-corrected chi connectivity index (χ2v) is 8.75. The van der Waals surface area contributed by atoms with Gasteiger partial charge in [-0.15, -0.1) is 0 Å². The number of rotatable bonds is 6. The van der Waals surface area contributed by atoms with Gasteiger partial charge in [0, 0.05) is 15.5 Å². The molecule has 0 aliphatic heterocycles. The molecule has 4 rings (SSSR count). The molecule has 0 unspecified atom stereocenters. The molecular formula is C23H22F3IN4O. The van der Waals surface area contributed by atoms with E-state index in [-0.39, 0.29) is 17.9 Å². The van der Waals surface area contributed by atoms with E-state index < -0.39 is 11.7 Å². The van der Waals surface area contributed by atoms with E-state index in [1.54, 1.807) is 30.3 Å². The zero-order valence-electron chi connectivity index (χ0n) is 17.1. The van der Waals surface area contributed by atoms with E-state index in [9.17, 15) is 13.2 Å². The first kappa shape index (κ1) is 22.6. The molecule has 1 aliphatic rings. The van der Waals surface area contributed by atoms with Crippen LogP contribution in [0.4, 0.5) is 36.3 Å². The fourth-order valence-corrected chi connectivity index (χ4v) is 4.08. The summed E-state index contributed by atoms with van der Waals surface area (Å²) < 4.78 is 47.3. The third-order valence-corrected chi connectivity index (χ3v) is 6.13. The van der Waals surface area contributed by atoms with Gasteiger partial charge in [-0.2, -0.15) is 18.2 Å². The lowest BCUT2D eigenvalue weighted by Crippen LogP contribution is -2.19. The van der Waals surface area contributed by atoms with Crippen LogP contribution in [0.25, 0.3) is 0 Å². The summed E-state index contributed by atoms with van der Waals surface area (Å²) in [5.41, 5.74) is 0.257. The highest BCUT2D eigenvalue weighted by Crippen LogP contribution is 2.36. The minimum atomic E-state index is -4.58. The maximum absolute atomic E-state index is 13.5. The molecule has 1 saturated carbocycles. The van der Waals surface area contributed by atoms with E-state index in [1.807, 2.05) is 18.2 Å². The summed E-state index contributed by atoms with van der Waals surface area (Å²) in [6.45, 7) is 0. The maximum atomic E-state index is 13.5. The molecule has 0 spiro atoms. The molecule has 2 N–H and O–H groups in total. The summed E-state index contributed by atoms with van der Waals surface area (Å²) in [5.74, 6) is 0.528. The van der Waals surface area contributed by atoms with Crippen molar-refractivity contribution in [2.24, 2.45) is 0 Å². The molecule has 5 nitrogen and oxygen atoms in total. The molecule has 3 aromatic rings. The third kappa shape index (κ3) is 5.81. The SMILES string of the molecule is FC(F)(F)c1cnc(Nc2ccc(OC3CCCCC3)cc2)nc1Nc1ccccc1I. The van der Waals surface area contributed by atoms with E-state index >= 15 is 0 Å². The molecule has 1 heterocycles. The number of aromatic nitrogens is 2. The van der Waals surface area contributed by atoms with Crippen molar-refractivity contribution in [1.82, 2.24) is 9.97 Å². The first-order valence-electron chi connectivity index (χ1n) is 10.4. The Hall–Kier alpha value is -2.56. The van der Waals surface area contributed by atoms with Gasteiger partial charge >= 0.3 is 6.18 Å². The van der Waals surface area contributed by atoms with E-state index in [2.05, 4.69) is 43.2 Å². The lowest BCUT2D eigenvalue weighted by Gasteiger charge is -2.23. The Morgan fingerprint density at radius 3 is 2.34 bits per heavy atom. The molecule has 168 valence electrons. The zero-order valence-corrected chi connectivity index (χ0v) is 19.3. The van der Waals surface area contributed by atoms with Gasteiger partial charge in [-0.05, 0) is 84.7 Å². The summed E-state index contributed by atoms with van der Waals surface area (Å²) >= 11 is 2.05. The van der Waals surface area contributed by atoms with Gasteiger partial charge < -0.3 is 15.4 Å². The van der Waals surface area contributed by atoms with Gasteiger partial charge in [-0.3, -0.25) is 0 Å². The van der Waals surface area contributed by atoms with Crippen LogP contribution in [0.2, 0.25) is 0 Å². The lowest BCUT2D eigenvalue weighted by molar-refractivity contribution is -0.137. The number of ether oxygens (including phenoxy) is 1. The summed E-state index contributed by atoms with van der Waals surface area (Å²) in [6, 6.07) is 14.3. The van der Waals surface area contributed by atoms with Gasteiger partial charge in [0.1, 0.15) is 17.1 Å². The fraction of sp³-hybridized carbons (Fsp3) is 0.304. The number of nitrogens with zero attached hydrogens (tertiary/aromatic N) is 2. The Kier molecular flexibility index (Phi) is 7.02. The number of anilines is 4. The first-order chi connectivity index (χ1) is 15.4. The number of para-hydroxylation sites is 1. The van der Waals surface area contributed by atoms with Crippen LogP contribution in [0.3, 0.4) is 0 Å². The predicted molar refractivity (Wildman–Crippen MR) is 127 cm³/mol. The topological polar surface area (TPSA) is 59.1 Å². The van der Waals surface area contributed by atoms with Crippen molar-refractivity contribution in [2.75, 3.05) is 10.6 Å². The van der Waals surface area contributed by atoms with Crippen molar-refractivity contribution in [2.45, 2.75) is 44.4 Å². The minimum absolute atomic E-state index is 0.0624. The molecule has 0 amide bonds. The van der Waals surface area contributed by atoms with Crippen LogP contribution in [0.15, 0.2) is 54.7 Å². The summed E-state index contributed by atoms with van der Waals surface area (Å²) in [4.78, 5) is 7.96. The second-order valence-electron chi connectivity index (χ2n) is 7.59. The van der Waals surface area contributed by atoms with Crippen LogP contribution in [0, 0.1) is 3.57 Å². The zero-order chi connectivity index (χ0) is 22.6. The van der Waals surface area contributed by atoms with Gasteiger partial charge in [-0.25, -0.2) is 4.98 Å². The number of benzene rings is 2. The van der Waals surface area contributed by atoms with Gasteiger partial charge in [0.25, 0.3) is 0 Å². The van der Waals surface area contributed by atoms with Crippen molar-refractivity contribution < 1.29 is 17.9 Å². The normalized spacial score (nSPS) is 14.8. The molecule has 0 radical (unpaired) electrons. The molecule has 2 aromatic carbocycles. The van der Waals surface area contributed by atoms with Crippen LogP contribution >= 0.6 is 22.6 Å². The highest BCUT2D eigenvalue weighted by atomic mass is 127. The Labute approximate surface area is 198 Å². The van der Waals surface area contributed by atoms with Crippen LogP contribution in [0.5, 0.6) is 5.75 Å². The quantitative estimate of drug-likeness (QED) is 0.314. The fourth-order valence-electron chi connectivity index (χ4n) is 3.56. The Morgan fingerprint density at radius 1 is 0.938 bits per heavy atom. The highest BCUT2D eigenvalue weighted by Gasteiger charge is 2.35. The van der Waals surface area contributed by atoms with Crippen LogP contribution in [-0.2, 0) is 6.18 Å². The van der Waals surface area contributed by atoms with Crippen LogP contribution in [-0.4, -0.2) is 16.1 Å². The van der Waals surface area contributed by atoms with E-state index in [1.165, 1.54) is 19.3 Å². The number of alkyl halides is 3. The maximum Gasteiger partial charge on any atom is 0.421 e. The van der Waals surface area contributed by atoms with Crippen molar-refractivity contribution in [3.63, 3.8) is 0 Å². The van der Waals surface area contributed by atoms with Crippen molar-refractivity contribution >= 4 is 45.7 Å². The van der Waals surface area contributed by atoms with Gasteiger partial charge in [-0.1, -0.05) is 18.6 Å². The molecular weight excluding hydrogens is 532 g/mol. The molecule has 1 aromatic heterocycles. The monoisotopic (exact) mass is 554 g/mol. The molecule has 0 saturated heterocycles. The van der Waals surface area contributed by atoms with E-state index in [4.69, 9.17) is 4.74 Å². The summed E-state index contributed by atoms with van der Waals surface area (Å²) in [7, 11) is 0. The standard InChI is InChI=1S/C23H22F3IN4O/c24-23(25,26)18-14-28-22(31-21(18)30-20-9-5-4-8-19(20)27)29-15-10-12-17(13-11-15)32-16-6-2-1-3-7-16/h4-5,8-14,16H,1-3,6-7H2,(H2,28,29,30,31). The summed E-state index contributed by atoms with van der Waals surface area (Å²) in [5, 5.41) is 5.76. The van der Waals surface area contributed by atoms with Gasteiger partial charge in [0.15, 0.2) is 0 Å². The van der Waals surface area contributed by atoms with Crippen molar-refractivity contribution in [1.29, 1.82) is 0 Å². The summed E-state index contributed by atoms with van der Waals surface area (Å²) in [6.07, 6.45) is 2.21. The molecule has 0 atom stereocenters. The van der Waals surface area contributed by atoms with Crippen molar-refractivity contribution in [3.8, 4) is 5.75 Å². The third-order valence-electron chi connectivity index (χ3n) is 5.19. The highest BCUT2D eigenvalue weighted by molar-refractivity contribution is 14.1. The molecule has 0 bridgehead atoms. The van der Waals surface area contributed by atoms with Crippen LogP contribution in [0.1, 0.15) is 37.7 Å². The second kappa shape index (κ2) is 9.93. The largest absolute Gasteiger partial charge is 0.490 e. The number of nitrogens with one attached hydrogen (secondary N) is 2. The molecule has 1 fully saturated rings. The Balaban J connectivity index is 1.51. The lowest BCUT2D eigenvalue weighted by atomic mass is 9.98. The molecule has 32 heavy (non-hydrogen) atoms. The smallest absolute Gasteiger partial charge is 0.421 e.